The van der Waals surface area contributed by atoms with Crippen molar-refractivity contribution >= 4 is 0 Å². The van der Waals surface area contributed by atoms with Gasteiger partial charge in [0.25, 0.3) is 0 Å². The van der Waals surface area contributed by atoms with Crippen LogP contribution in [0.4, 0.5) is 4.39 Å². The second-order valence-corrected chi connectivity index (χ2v) is 5.66. The molecule has 1 aliphatic rings. The predicted octanol–water partition coefficient (Wildman–Crippen LogP) is 3.16. The molecule has 0 aromatic heterocycles. The number of ether oxygens (including phenoxy) is 2. The molecule has 1 aliphatic heterocycles. The van der Waals surface area contributed by atoms with Crippen LogP contribution in [0.15, 0.2) is 12.1 Å². The van der Waals surface area contributed by atoms with E-state index in [0.29, 0.717) is 17.4 Å². The zero-order chi connectivity index (χ0) is 14.5. The zero-order valence-electron chi connectivity index (χ0n) is 12.5. The largest absolute Gasteiger partial charge is 0.493 e. The number of nitrogens with one attached hydrogen (secondary N) is 1. The van der Waals surface area contributed by atoms with Gasteiger partial charge >= 0.3 is 0 Å². The minimum atomic E-state index is -0.198. The van der Waals surface area contributed by atoms with Gasteiger partial charge in [0, 0.05) is 6.07 Å². The molecule has 0 bridgehead atoms. The third-order valence-corrected chi connectivity index (χ3v) is 3.66. The Kier molecular flexibility index (Phi) is 5.24. The highest BCUT2D eigenvalue weighted by molar-refractivity contribution is 5.44. The Morgan fingerprint density at radius 1 is 1.25 bits per heavy atom. The molecule has 0 saturated carbocycles. The second-order valence-electron chi connectivity index (χ2n) is 5.66. The smallest absolute Gasteiger partial charge is 0.163 e. The number of methoxy groups -OCH3 is 1. The molecule has 1 N–H and O–H groups in total. The zero-order valence-corrected chi connectivity index (χ0v) is 12.5. The van der Waals surface area contributed by atoms with Crippen molar-refractivity contribution in [1.29, 1.82) is 0 Å². The number of piperidine rings is 1. The molecule has 0 unspecified atom stereocenters. The molecule has 1 fully saturated rings. The molecular formula is C16H24FNO2. The number of hydrogen-bond donors (Lipinski definition) is 1. The van der Waals surface area contributed by atoms with E-state index in [-0.39, 0.29) is 11.9 Å². The van der Waals surface area contributed by atoms with Crippen molar-refractivity contribution in [2.45, 2.75) is 39.2 Å². The molecule has 1 heterocycles. The molecule has 0 radical (unpaired) electrons. The third kappa shape index (κ3) is 3.85. The van der Waals surface area contributed by atoms with Crippen LogP contribution >= 0.6 is 0 Å². The highest BCUT2D eigenvalue weighted by atomic mass is 19.1. The molecule has 1 aromatic rings. The van der Waals surface area contributed by atoms with Gasteiger partial charge in [0.1, 0.15) is 5.82 Å². The van der Waals surface area contributed by atoms with Gasteiger partial charge in [-0.2, -0.15) is 0 Å². The molecule has 112 valence electrons. The highest BCUT2D eigenvalue weighted by Gasteiger charge is 2.18. The van der Waals surface area contributed by atoms with Gasteiger partial charge in [-0.3, -0.25) is 0 Å². The highest BCUT2D eigenvalue weighted by Crippen LogP contribution is 2.32. The fourth-order valence-corrected chi connectivity index (χ4v) is 2.64. The lowest BCUT2D eigenvalue weighted by atomic mass is 9.90. The lowest BCUT2D eigenvalue weighted by Gasteiger charge is -2.23. The fraction of sp³-hybridized carbons (Fsp3) is 0.625. The van der Waals surface area contributed by atoms with Crippen molar-refractivity contribution in [2.24, 2.45) is 5.92 Å². The Bertz CT molecular complexity index is 442. The summed E-state index contributed by atoms with van der Waals surface area (Å²) >= 11 is 0. The first-order valence-electron chi connectivity index (χ1n) is 7.34. The SMILES string of the molecule is COc1cc(F)c(CC2CCNCC2)cc1OC(C)C. The van der Waals surface area contributed by atoms with Crippen molar-refractivity contribution < 1.29 is 13.9 Å². The molecule has 1 saturated heterocycles. The van der Waals surface area contributed by atoms with Crippen LogP contribution in [0.5, 0.6) is 11.5 Å². The van der Waals surface area contributed by atoms with Gasteiger partial charge in [-0.1, -0.05) is 0 Å². The molecule has 0 amide bonds. The first-order chi connectivity index (χ1) is 9.60. The third-order valence-electron chi connectivity index (χ3n) is 3.66. The van der Waals surface area contributed by atoms with Crippen LogP contribution in [-0.2, 0) is 6.42 Å². The van der Waals surface area contributed by atoms with Crippen LogP contribution < -0.4 is 14.8 Å². The average molecular weight is 281 g/mol. The van der Waals surface area contributed by atoms with Crippen LogP contribution in [-0.4, -0.2) is 26.3 Å². The quantitative estimate of drug-likeness (QED) is 0.899. The maximum absolute atomic E-state index is 14.2. The summed E-state index contributed by atoms with van der Waals surface area (Å²) in [5.74, 6) is 1.45. The minimum absolute atomic E-state index is 0.0427. The van der Waals surface area contributed by atoms with Gasteiger partial charge in [0.15, 0.2) is 11.5 Å². The first kappa shape index (κ1) is 15.1. The monoisotopic (exact) mass is 281 g/mol. The van der Waals surface area contributed by atoms with Crippen molar-refractivity contribution in [3.63, 3.8) is 0 Å². The molecule has 0 spiro atoms. The van der Waals surface area contributed by atoms with Crippen LogP contribution in [0, 0.1) is 11.7 Å². The lowest BCUT2D eigenvalue weighted by Crippen LogP contribution is -2.28. The summed E-state index contributed by atoms with van der Waals surface area (Å²) in [6.45, 7) is 5.96. The summed E-state index contributed by atoms with van der Waals surface area (Å²) < 4.78 is 25.1. The fourth-order valence-electron chi connectivity index (χ4n) is 2.64. The van der Waals surface area contributed by atoms with Gasteiger partial charge in [0.05, 0.1) is 13.2 Å². The molecule has 4 heteroatoms. The van der Waals surface area contributed by atoms with Gasteiger partial charge in [-0.05, 0) is 63.7 Å². The van der Waals surface area contributed by atoms with E-state index >= 15 is 0 Å². The van der Waals surface area contributed by atoms with Crippen LogP contribution in [0.25, 0.3) is 0 Å². The standard InChI is InChI=1S/C16H24FNO2/c1-11(2)20-16-9-13(14(17)10-15(16)19-3)8-12-4-6-18-7-5-12/h9-12,18H,4-8H2,1-3H3. The second kappa shape index (κ2) is 6.93. The molecule has 1 aromatic carbocycles. The normalized spacial score (nSPS) is 16.4. The summed E-state index contributed by atoms with van der Waals surface area (Å²) in [5, 5.41) is 3.33. The molecule has 2 rings (SSSR count). The van der Waals surface area contributed by atoms with Crippen LogP contribution in [0.2, 0.25) is 0 Å². The Labute approximate surface area is 120 Å². The molecule has 0 aliphatic carbocycles. The maximum atomic E-state index is 14.2. The number of hydrogen-bond acceptors (Lipinski definition) is 3. The summed E-state index contributed by atoms with van der Waals surface area (Å²) in [7, 11) is 1.54. The van der Waals surface area contributed by atoms with Crippen LogP contribution in [0.3, 0.4) is 0 Å². The van der Waals surface area contributed by atoms with Gasteiger partial charge in [-0.15, -0.1) is 0 Å². The van der Waals surface area contributed by atoms with E-state index < -0.39 is 0 Å². The van der Waals surface area contributed by atoms with E-state index in [0.717, 1.165) is 37.9 Å². The van der Waals surface area contributed by atoms with E-state index in [1.165, 1.54) is 13.2 Å². The molecule has 20 heavy (non-hydrogen) atoms. The van der Waals surface area contributed by atoms with E-state index in [1.54, 1.807) is 6.07 Å². The first-order valence-corrected chi connectivity index (χ1v) is 7.34. The van der Waals surface area contributed by atoms with E-state index in [2.05, 4.69) is 5.32 Å². The van der Waals surface area contributed by atoms with Crippen molar-refractivity contribution in [3.05, 3.63) is 23.5 Å². The lowest BCUT2D eigenvalue weighted by molar-refractivity contribution is 0.229. The summed E-state index contributed by atoms with van der Waals surface area (Å²) in [6.07, 6.45) is 3.02. The van der Waals surface area contributed by atoms with E-state index in [9.17, 15) is 4.39 Å². The van der Waals surface area contributed by atoms with Gasteiger partial charge in [0.2, 0.25) is 0 Å². The predicted molar refractivity (Wildman–Crippen MR) is 78.0 cm³/mol. The topological polar surface area (TPSA) is 30.5 Å². The Morgan fingerprint density at radius 3 is 2.55 bits per heavy atom. The van der Waals surface area contributed by atoms with Gasteiger partial charge in [-0.25, -0.2) is 4.39 Å². The van der Waals surface area contributed by atoms with Crippen molar-refractivity contribution in [1.82, 2.24) is 5.32 Å². The van der Waals surface area contributed by atoms with E-state index in [4.69, 9.17) is 9.47 Å². The minimum Gasteiger partial charge on any atom is -0.493 e. The van der Waals surface area contributed by atoms with Crippen molar-refractivity contribution in [2.75, 3.05) is 20.2 Å². The number of benzene rings is 1. The van der Waals surface area contributed by atoms with E-state index in [1.807, 2.05) is 13.8 Å². The van der Waals surface area contributed by atoms with Crippen LogP contribution in [0.1, 0.15) is 32.3 Å². The Hall–Kier alpha value is -1.29. The molecular weight excluding hydrogens is 257 g/mol. The summed E-state index contributed by atoms with van der Waals surface area (Å²) in [5.41, 5.74) is 0.730. The average Bonchev–Trinajstić information content (AvgIpc) is 2.42. The van der Waals surface area contributed by atoms with Crippen molar-refractivity contribution in [3.8, 4) is 11.5 Å². The summed E-state index contributed by atoms with van der Waals surface area (Å²) in [4.78, 5) is 0. The summed E-state index contributed by atoms with van der Waals surface area (Å²) in [6, 6.07) is 3.24. The number of rotatable bonds is 5. The Balaban J connectivity index is 2.18. The molecule has 0 atom stereocenters. The maximum Gasteiger partial charge on any atom is 0.163 e. The Morgan fingerprint density at radius 2 is 1.95 bits per heavy atom. The molecule has 3 nitrogen and oxygen atoms in total. The van der Waals surface area contributed by atoms with Gasteiger partial charge < -0.3 is 14.8 Å². The number of halogens is 1.